The standard InChI is InChI=1S/C8H6BrF2IO/c9-6-4-2-1-3-5(6)7(13)8(10,11)12/h1-4,7,13H. The van der Waals surface area contributed by atoms with Gasteiger partial charge in [0.15, 0.2) is 6.10 Å². The lowest BCUT2D eigenvalue weighted by Crippen LogP contribution is -2.18. The second kappa shape index (κ2) is 4.18. The van der Waals surface area contributed by atoms with E-state index in [4.69, 9.17) is 0 Å². The lowest BCUT2D eigenvalue weighted by molar-refractivity contribution is -0.0210. The van der Waals surface area contributed by atoms with Crippen LogP contribution in [0, 0.1) is 0 Å². The summed E-state index contributed by atoms with van der Waals surface area (Å²) < 4.78 is 22.7. The molecule has 1 unspecified atom stereocenters. The van der Waals surface area contributed by atoms with Gasteiger partial charge < -0.3 is 5.11 Å². The lowest BCUT2D eigenvalue weighted by atomic mass is 10.1. The first kappa shape index (κ1) is 11.3. The van der Waals surface area contributed by atoms with Crippen molar-refractivity contribution in [1.82, 2.24) is 0 Å². The van der Waals surface area contributed by atoms with Crippen molar-refractivity contribution in [3.8, 4) is 0 Å². The highest BCUT2D eigenvalue weighted by Crippen LogP contribution is 2.39. The van der Waals surface area contributed by atoms with Crippen LogP contribution >= 0.6 is 38.5 Å². The summed E-state index contributed by atoms with van der Waals surface area (Å²) in [5.74, 6) is 0. The van der Waals surface area contributed by atoms with Crippen molar-refractivity contribution >= 4 is 38.5 Å². The molecule has 13 heavy (non-hydrogen) atoms. The Morgan fingerprint density at radius 2 is 1.92 bits per heavy atom. The van der Waals surface area contributed by atoms with Crippen molar-refractivity contribution in [2.24, 2.45) is 0 Å². The Labute approximate surface area is 96.4 Å². The highest BCUT2D eigenvalue weighted by atomic mass is 127. The van der Waals surface area contributed by atoms with E-state index in [-0.39, 0.29) is 5.56 Å². The Morgan fingerprint density at radius 3 is 2.38 bits per heavy atom. The summed E-state index contributed by atoms with van der Waals surface area (Å²) in [6.07, 6.45) is -1.77. The van der Waals surface area contributed by atoms with Crippen LogP contribution in [0.5, 0.6) is 0 Å². The predicted molar refractivity (Wildman–Crippen MR) is 58.1 cm³/mol. The largest absolute Gasteiger partial charge is 0.381 e. The molecule has 0 aliphatic carbocycles. The molecule has 1 rings (SSSR count). The van der Waals surface area contributed by atoms with Gasteiger partial charge in [0, 0.05) is 32.6 Å². The maximum Gasteiger partial charge on any atom is 0.325 e. The fourth-order valence-electron chi connectivity index (χ4n) is 0.873. The molecule has 1 aromatic carbocycles. The van der Waals surface area contributed by atoms with E-state index in [1.807, 2.05) is 0 Å². The minimum absolute atomic E-state index is 0.196. The fourth-order valence-corrected chi connectivity index (χ4v) is 1.71. The molecule has 0 amide bonds. The van der Waals surface area contributed by atoms with Gasteiger partial charge >= 0.3 is 3.93 Å². The van der Waals surface area contributed by atoms with Crippen LogP contribution in [-0.2, 0) is 0 Å². The molecule has 72 valence electrons. The SMILES string of the molecule is OC(c1ccccc1Br)C(F)(F)I. The Bertz CT molecular complexity index is 300. The number of hydrogen-bond donors (Lipinski definition) is 1. The highest BCUT2D eigenvalue weighted by molar-refractivity contribution is 14.1. The third kappa shape index (κ3) is 2.85. The molecule has 5 heteroatoms. The first-order valence-electron chi connectivity index (χ1n) is 3.42. The van der Waals surface area contributed by atoms with Gasteiger partial charge in [0.25, 0.3) is 0 Å². The summed E-state index contributed by atoms with van der Waals surface area (Å²) >= 11 is 4.01. The van der Waals surface area contributed by atoms with E-state index in [0.29, 0.717) is 4.47 Å². The molecule has 0 saturated heterocycles. The number of hydrogen-bond acceptors (Lipinski definition) is 1. The van der Waals surface area contributed by atoms with Crippen molar-refractivity contribution in [3.05, 3.63) is 34.3 Å². The van der Waals surface area contributed by atoms with Gasteiger partial charge in [-0.05, 0) is 6.07 Å². The quantitative estimate of drug-likeness (QED) is 0.630. The average Bonchev–Trinajstić information content (AvgIpc) is 2.02. The Balaban J connectivity index is 3.02. The highest BCUT2D eigenvalue weighted by Gasteiger charge is 2.36. The molecule has 1 nitrogen and oxygen atoms in total. The van der Waals surface area contributed by atoms with Crippen molar-refractivity contribution in [2.75, 3.05) is 0 Å². The molecule has 1 N–H and O–H groups in total. The van der Waals surface area contributed by atoms with Gasteiger partial charge in [0.1, 0.15) is 0 Å². The molecule has 0 aliphatic heterocycles. The van der Waals surface area contributed by atoms with Crippen LogP contribution in [0.25, 0.3) is 0 Å². The summed E-state index contributed by atoms with van der Waals surface area (Å²) in [7, 11) is 0. The number of aliphatic hydroxyl groups is 1. The first-order valence-corrected chi connectivity index (χ1v) is 5.29. The zero-order chi connectivity index (χ0) is 10.1. The number of halogens is 4. The zero-order valence-corrected chi connectivity index (χ0v) is 10.1. The maximum absolute atomic E-state index is 12.7. The molecule has 0 fully saturated rings. The van der Waals surface area contributed by atoms with E-state index in [1.54, 1.807) is 18.2 Å². The molecular formula is C8H6BrF2IO. The van der Waals surface area contributed by atoms with Crippen molar-refractivity contribution < 1.29 is 13.9 Å². The topological polar surface area (TPSA) is 20.2 Å². The molecule has 0 spiro atoms. The lowest BCUT2D eigenvalue weighted by Gasteiger charge is -2.17. The summed E-state index contributed by atoms with van der Waals surface area (Å²) in [6.45, 7) is 0. The van der Waals surface area contributed by atoms with Crippen molar-refractivity contribution in [1.29, 1.82) is 0 Å². The van der Waals surface area contributed by atoms with E-state index < -0.39 is 10.0 Å². The summed E-state index contributed by atoms with van der Waals surface area (Å²) in [6, 6.07) is 6.37. The van der Waals surface area contributed by atoms with Crippen LogP contribution in [0.1, 0.15) is 11.7 Å². The maximum atomic E-state index is 12.7. The van der Waals surface area contributed by atoms with E-state index in [2.05, 4.69) is 15.9 Å². The van der Waals surface area contributed by atoms with Gasteiger partial charge in [-0.1, -0.05) is 34.1 Å². The first-order chi connectivity index (χ1) is 5.93. The molecule has 0 aliphatic rings. The third-order valence-electron chi connectivity index (χ3n) is 1.51. The number of benzene rings is 1. The van der Waals surface area contributed by atoms with E-state index >= 15 is 0 Å². The zero-order valence-electron chi connectivity index (χ0n) is 6.35. The smallest absolute Gasteiger partial charge is 0.325 e. The molecule has 1 atom stereocenters. The van der Waals surface area contributed by atoms with Gasteiger partial charge in [-0.3, -0.25) is 0 Å². The van der Waals surface area contributed by atoms with E-state index in [1.165, 1.54) is 6.07 Å². The fraction of sp³-hybridized carbons (Fsp3) is 0.250. The van der Waals surface area contributed by atoms with Crippen LogP contribution < -0.4 is 0 Å². The summed E-state index contributed by atoms with van der Waals surface area (Å²) in [5, 5.41) is 9.25. The normalized spacial score (nSPS) is 14.2. The van der Waals surface area contributed by atoms with Crippen molar-refractivity contribution in [3.63, 3.8) is 0 Å². The number of aliphatic hydroxyl groups excluding tert-OH is 1. The third-order valence-corrected chi connectivity index (χ3v) is 2.82. The number of rotatable bonds is 2. The van der Waals surface area contributed by atoms with Gasteiger partial charge in [-0.2, -0.15) is 8.78 Å². The van der Waals surface area contributed by atoms with Crippen molar-refractivity contribution in [2.45, 2.75) is 10.0 Å². The Hall–Kier alpha value is 0.250. The van der Waals surface area contributed by atoms with Crippen LogP contribution in [0.2, 0.25) is 0 Å². The van der Waals surface area contributed by atoms with Crippen LogP contribution in [0.15, 0.2) is 28.7 Å². The second-order valence-corrected chi connectivity index (χ2v) is 4.76. The molecule has 0 aromatic heterocycles. The Kier molecular flexibility index (Phi) is 3.64. The molecule has 0 saturated carbocycles. The molecular weight excluding hydrogens is 357 g/mol. The second-order valence-electron chi connectivity index (χ2n) is 2.47. The van der Waals surface area contributed by atoms with Gasteiger partial charge in [-0.15, -0.1) is 0 Å². The van der Waals surface area contributed by atoms with Crippen LogP contribution in [0.3, 0.4) is 0 Å². The van der Waals surface area contributed by atoms with Gasteiger partial charge in [0.2, 0.25) is 0 Å². The van der Waals surface area contributed by atoms with Gasteiger partial charge in [-0.25, -0.2) is 0 Å². The summed E-state index contributed by atoms with van der Waals surface area (Å²) in [4.78, 5) is 0. The molecule has 0 bridgehead atoms. The predicted octanol–water partition coefficient (Wildman–Crippen LogP) is 3.51. The van der Waals surface area contributed by atoms with Crippen LogP contribution in [0.4, 0.5) is 8.78 Å². The monoisotopic (exact) mass is 362 g/mol. The molecule has 1 aromatic rings. The Morgan fingerprint density at radius 1 is 1.38 bits per heavy atom. The van der Waals surface area contributed by atoms with Crippen LogP contribution in [-0.4, -0.2) is 9.04 Å². The van der Waals surface area contributed by atoms with E-state index in [9.17, 15) is 13.9 Å². The molecule has 0 radical (unpaired) electrons. The minimum Gasteiger partial charge on any atom is -0.381 e. The van der Waals surface area contributed by atoms with E-state index in [0.717, 1.165) is 22.6 Å². The average molecular weight is 363 g/mol. The van der Waals surface area contributed by atoms with Gasteiger partial charge in [0.05, 0.1) is 0 Å². The minimum atomic E-state index is -3.15. The number of alkyl halides is 3. The summed E-state index contributed by atoms with van der Waals surface area (Å²) in [5.41, 5.74) is 0.196. The molecule has 0 heterocycles.